The van der Waals surface area contributed by atoms with Crippen LogP contribution in [0, 0.1) is 5.92 Å². The minimum Gasteiger partial charge on any atom is -0.494 e. The second kappa shape index (κ2) is 12.5. The van der Waals surface area contributed by atoms with Crippen molar-refractivity contribution in [2.24, 2.45) is 11.7 Å². The normalized spacial score (nSPS) is 12.4. The molecule has 0 aliphatic rings. The molecule has 0 aliphatic carbocycles. The summed E-state index contributed by atoms with van der Waals surface area (Å²) in [4.78, 5) is 31.8. The summed E-state index contributed by atoms with van der Waals surface area (Å²) in [5.41, 5.74) is 5.19. The largest absolute Gasteiger partial charge is 0.494 e. The average molecular weight is 573 g/mol. The summed E-state index contributed by atoms with van der Waals surface area (Å²) in [6.45, 7) is 2.40. The summed E-state index contributed by atoms with van der Waals surface area (Å²) in [6.07, 6.45) is -0.797. The summed E-state index contributed by atoms with van der Waals surface area (Å²) in [7, 11) is 4.55. The van der Waals surface area contributed by atoms with Crippen LogP contribution in [0.3, 0.4) is 0 Å². The van der Waals surface area contributed by atoms with Gasteiger partial charge in [-0.05, 0) is 36.6 Å². The zero-order chi connectivity index (χ0) is 29.7. The number of benzene rings is 1. The fourth-order valence-corrected chi connectivity index (χ4v) is 4.43. The number of nitrogens with zero attached hydrogens (tertiary/aromatic N) is 5. The van der Waals surface area contributed by atoms with Crippen molar-refractivity contribution in [2.75, 3.05) is 27.8 Å². The predicted octanol–water partition coefficient (Wildman–Crippen LogP) is 4.91. The van der Waals surface area contributed by atoms with Crippen LogP contribution >= 0.6 is 0 Å². The van der Waals surface area contributed by atoms with Gasteiger partial charge in [0.25, 0.3) is 5.91 Å². The highest BCUT2D eigenvalue weighted by molar-refractivity contribution is 5.98. The van der Waals surface area contributed by atoms with Gasteiger partial charge in [-0.1, -0.05) is 13.3 Å². The topological polar surface area (TPSA) is 129 Å². The van der Waals surface area contributed by atoms with E-state index >= 15 is 0 Å². The molecule has 0 spiro atoms. The number of ether oxygens (including phenoxy) is 2. The number of nitrogens with two attached hydrogens (primary N) is 1. The van der Waals surface area contributed by atoms with Gasteiger partial charge in [0, 0.05) is 43.2 Å². The summed E-state index contributed by atoms with van der Waals surface area (Å²) in [5.74, 6) is 1.36. The molecule has 1 aromatic carbocycles. The van der Waals surface area contributed by atoms with Gasteiger partial charge in [0.1, 0.15) is 22.8 Å². The Kier molecular flexibility index (Phi) is 9.06. The van der Waals surface area contributed by atoms with Crippen molar-refractivity contribution in [3.05, 3.63) is 59.5 Å². The molecular weight excluding hydrogens is 541 g/mol. The molecule has 218 valence electrons. The number of fused-ring (bicyclic) bond motifs is 1. The van der Waals surface area contributed by atoms with E-state index < -0.39 is 11.9 Å². The Bertz CT molecular complexity index is 1520. The number of aromatic nitrogens is 4. The first kappa shape index (κ1) is 29.7. The third-order valence-corrected chi connectivity index (χ3v) is 6.80. The van der Waals surface area contributed by atoms with Crippen LogP contribution < -0.4 is 15.2 Å². The van der Waals surface area contributed by atoms with E-state index in [1.54, 1.807) is 37.4 Å². The molecule has 0 radical (unpaired) electrons. The molecule has 0 fully saturated rings. The maximum atomic E-state index is 13.4. The lowest BCUT2D eigenvalue weighted by Crippen LogP contribution is -2.30. The molecule has 13 heteroatoms. The smallest absolute Gasteiger partial charge is 0.433 e. The van der Waals surface area contributed by atoms with E-state index in [1.807, 2.05) is 0 Å². The first-order valence-corrected chi connectivity index (χ1v) is 13.0. The van der Waals surface area contributed by atoms with Crippen molar-refractivity contribution >= 4 is 16.8 Å². The number of rotatable bonds is 11. The van der Waals surface area contributed by atoms with Gasteiger partial charge in [0.2, 0.25) is 11.8 Å². The van der Waals surface area contributed by atoms with Crippen LogP contribution in [0.15, 0.2) is 40.9 Å². The lowest BCUT2D eigenvalue weighted by atomic mass is 9.97. The number of halogens is 3. The van der Waals surface area contributed by atoms with Gasteiger partial charge in [0.05, 0.1) is 20.8 Å². The highest BCUT2D eigenvalue weighted by atomic mass is 19.4. The van der Waals surface area contributed by atoms with E-state index in [-0.39, 0.29) is 47.0 Å². The molecule has 0 saturated heterocycles. The molecule has 2 N–H and O–H groups in total. The van der Waals surface area contributed by atoms with Crippen LogP contribution in [0.1, 0.15) is 47.5 Å². The van der Waals surface area contributed by atoms with Crippen LogP contribution in [-0.4, -0.2) is 58.6 Å². The zero-order valence-corrected chi connectivity index (χ0v) is 23.2. The van der Waals surface area contributed by atoms with Crippen LogP contribution in [0.25, 0.3) is 22.4 Å². The van der Waals surface area contributed by atoms with Crippen molar-refractivity contribution in [1.82, 2.24) is 24.8 Å². The Labute approximate surface area is 234 Å². The van der Waals surface area contributed by atoms with Gasteiger partial charge in [0.15, 0.2) is 11.5 Å². The predicted molar refractivity (Wildman–Crippen MR) is 144 cm³/mol. The molecule has 1 amide bonds. The van der Waals surface area contributed by atoms with E-state index in [2.05, 4.69) is 26.9 Å². The Morgan fingerprint density at radius 3 is 2.54 bits per heavy atom. The van der Waals surface area contributed by atoms with Crippen LogP contribution in [-0.2, 0) is 19.1 Å². The first-order chi connectivity index (χ1) is 19.6. The molecule has 10 nitrogen and oxygen atoms in total. The van der Waals surface area contributed by atoms with Crippen LogP contribution in [0.4, 0.5) is 13.2 Å². The van der Waals surface area contributed by atoms with Crippen molar-refractivity contribution in [3.8, 4) is 23.1 Å². The van der Waals surface area contributed by atoms with Crippen LogP contribution in [0.5, 0.6) is 11.6 Å². The number of hydrogen-bond donors (Lipinski definition) is 1. The van der Waals surface area contributed by atoms with E-state index in [1.165, 1.54) is 19.2 Å². The Morgan fingerprint density at radius 1 is 1.10 bits per heavy atom. The van der Waals surface area contributed by atoms with E-state index in [9.17, 15) is 18.0 Å². The Morgan fingerprint density at radius 2 is 1.88 bits per heavy atom. The number of carbonyl (C=O) groups excluding carboxylic acids is 1. The molecule has 1 unspecified atom stereocenters. The molecule has 3 aromatic heterocycles. The minimum atomic E-state index is -4.63. The van der Waals surface area contributed by atoms with Gasteiger partial charge in [-0.25, -0.2) is 15.0 Å². The van der Waals surface area contributed by atoms with Gasteiger partial charge >= 0.3 is 6.18 Å². The van der Waals surface area contributed by atoms with Crippen molar-refractivity contribution in [3.63, 3.8) is 0 Å². The third-order valence-electron chi connectivity index (χ3n) is 6.80. The molecule has 4 rings (SSSR count). The van der Waals surface area contributed by atoms with Crippen molar-refractivity contribution in [1.29, 1.82) is 0 Å². The molecule has 3 heterocycles. The highest BCUT2D eigenvalue weighted by Crippen LogP contribution is 2.37. The molecular formula is C28H31F3N6O4. The van der Waals surface area contributed by atoms with Crippen molar-refractivity contribution in [2.45, 2.75) is 38.9 Å². The summed E-state index contributed by atoms with van der Waals surface area (Å²) < 4.78 is 56.2. The molecule has 0 bridgehead atoms. The lowest BCUT2D eigenvalue weighted by Gasteiger charge is -2.20. The standard InChI is InChI=1S/C28H31F3N6O4/c1-5-16(14-22-33-12-10-23(35-22)40-4)11-13-37(2)27(38)25-20(15-32)41-26(36-25)18-6-8-19(39-3)24-17(18)7-9-21(34-24)28(29,30)31/h6-10,12,16H,5,11,13-15,32H2,1-4H3. The number of hydrogen-bond acceptors (Lipinski definition) is 9. The maximum absolute atomic E-state index is 13.4. The summed E-state index contributed by atoms with van der Waals surface area (Å²) >= 11 is 0. The quantitative estimate of drug-likeness (QED) is 0.267. The summed E-state index contributed by atoms with van der Waals surface area (Å²) in [6, 6.07) is 6.90. The monoisotopic (exact) mass is 572 g/mol. The lowest BCUT2D eigenvalue weighted by molar-refractivity contribution is -0.140. The molecule has 0 saturated carbocycles. The van der Waals surface area contributed by atoms with E-state index in [0.717, 1.165) is 12.5 Å². The van der Waals surface area contributed by atoms with E-state index in [4.69, 9.17) is 19.6 Å². The minimum absolute atomic E-state index is 0.0112. The number of pyridine rings is 1. The first-order valence-electron chi connectivity index (χ1n) is 13.0. The van der Waals surface area contributed by atoms with Crippen molar-refractivity contribution < 1.29 is 31.9 Å². The number of carbonyl (C=O) groups is 1. The Hall–Kier alpha value is -4.26. The van der Waals surface area contributed by atoms with Gasteiger partial charge in [-0.15, -0.1) is 0 Å². The fourth-order valence-electron chi connectivity index (χ4n) is 4.43. The number of oxazole rings is 1. The van der Waals surface area contributed by atoms with Gasteiger partial charge in [-0.3, -0.25) is 4.79 Å². The van der Waals surface area contributed by atoms with Crippen LogP contribution in [0.2, 0.25) is 0 Å². The maximum Gasteiger partial charge on any atom is 0.433 e. The second-order valence-electron chi connectivity index (χ2n) is 9.41. The number of methoxy groups -OCH3 is 2. The van der Waals surface area contributed by atoms with Gasteiger partial charge < -0.3 is 24.5 Å². The zero-order valence-electron chi connectivity index (χ0n) is 23.2. The Balaban J connectivity index is 1.56. The van der Waals surface area contributed by atoms with E-state index in [0.29, 0.717) is 42.0 Å². The highest BCUT2D eigenvalue weighted by Gasteiger charge is 2.33. The molecule has 4 aromatic rings. The third kappa shape index (κ3) is 6.56. The van der Waals surface area contributed by atoms with Gasteiger partial charge in [-0.2, -0.15) is 18.2 Å². The number of alkyl halides is 3. The average Bonchev–Trinajstić information content (AvgIpc) is 3.41. The number of amides is 1. The fraction of sp³-hybridized carbons (Fsp3) is 0.393. The SMILES string of the molecule is CCC(CCN(C)C(=O)c1nc(-c2ccc(OC)c3nc(C(F)(F)F)ccc23)oc1CN)Cc1nccc(OC)n1. The summed E-state index contributed by atoms with van der Waals surface area (Å²) in [5, 5.41) is 0.320. The molecule has 1 atom stereocenters. The second-order valence-corrected chi connectivity index (χ2v) is 9.41. The molecule has 0 aliphatic heterocycles. The molecule has 41 heavy (non-hydrogen) atoms.